The summed E-state index contributed by atoms with van der Waals surface area (Å²) >= 11 is 1.28. The Morgan fingerprint density at radius 3 is 2.84 bits per heavy atom. The van der Waals surface area contributed by atoms with Gasteiger partial charge in [-0.3, -0.25) is 18.8 Å². The van der Waals surface area contributed by atoms with E-state index < -0.39 is 17.6 Å². The summed E-state index contributed by atoms with van der Waals surface area (Å²) in [6, 6.07) is 7.00. The second kappa shape index (κ2) is 6.94. The molecule has 1 amide bonds. The van der Waals surface area contributed by atoms with E-state index in [4.69, 9.17) is 0 Å². The predicted octanol–water partition coefficient (Wildman–Crippen LogP) is 2.28. The van der Waals surface area contributed by atoms with Crippen molar-refractivity contribution in [2.75, 3.05) is 5.32 Å². The largest absolute Gasteiger partial charge is 0.323 e. The number of nitrogens with zero attached hydrogens (tertiary/aromatic N) is 2. The van der Waals surface area contributed by atoms with E-state index in [1.807, 2.05) is 0 Å². The fraction of sp³-hybridized carbons (Fsp3) is 0.176. The fourth-order valence-electron chi connectivity index (χ4n) is 2.41. The zero-order valence-corrected chi connectivity index (χ0v) is 14.0. The summed E-state index contributed by atoms with van der Waals surface area (Å²) in [4.78, 5) is 41.1. The molecule has 0 spiro atoms. The Balaban J connectivity index is 1.85. The Morgan fingerprint density at radius 1 is 1.36 bits per heavy atom. The van der Waals surface area contributed by atoms with Crippen molar-refractivity contribution >= 4 is 33.7 Å². The summed E-state index contributed by atoms with van der Waals surface area (Å²) in [5, 5.41) is 4.14. The van der Waals surface area contributed by atoms with Crippen LogP contribution >= 0.6 is 11.3 Å². The smallest absolute Gasteiger partial charge is 0.258 e. The topological polar surface area (TPSA) is 80.5 Å². The molecule has 3 rings (SSSR count). The number of anilines is 1. The molecule has 0 saturated carbocycles. The van der Waals surface area contributed by atoms with E-state index >= 15 is 0 Å². The van der Waals surface area contributed by atoms with Crippen LogP contribution in [0.15, 0.2) is 46.7 Å². The molecule has 0 radical (unpaired) electrons. The lowest BCUT2D eigenvalue weighted by molar-refractivity contribution is -0.129. The molecule has 25 heavy (non-hydrogen) atoms. The SMILES string of the molecule is CC(=O)[C@H](Cc1cc(=O)n2ccsc2n1)C(=O)Nc1ccccc1F. The molecule has 0 bridgehead atoms. The zero-order valence-electron chi connectivity index (χ0n) is 13.2. The van der Waals surface area contributed by atoms with Gasteiger partial charge < -0.3 is 5.32 Å². The summed E-state index contributed by atoms with van der Waals surface area (Å²) in [5.74, 6) is -2.67. The first-order valence-corrected chi connectivity index (χ1v) is 8.35. The van der Waals surface area contributed by atoms with Gasteiger partial charge in [-0.25, -0.2) is 9.37 Å². The van der Waals surface area contributed by atoms with E-state index in [0.717, 1.165) is 0 Å². The summed E-state index contributed by atoms with van der Waals surface area (Å²) in [6.45, 7) is 1.28. The number of carbonyl (C=O) groups excluding carboxylic acids is 2. The van der Waals surface area contributed by atoms with E-state index in [1.54, 1.807) is 17.6 Å². The van der Waals surface area contributed by atoms with E-state index in [0.29, 0.717) is 10.7 Å². The summed E-state index contributed by atoms with van der Waals surface area (Å²) in [6.07, 6.45) is 1.58. The standard InChI is InChI=1S/C17H14FN3O3S/c1-10(22)12(16(24)20-14-5-3-2-4-13(14)18)8-11-9-15(23)21-6-7-25-17(21)19-11/h2-7,9,12H,8H2,1H3,(H,20,24)/t12-/m0/s1. The van der Waals surface area contributed by atoms with Crippen LogP contribution in [0.25, 0.3) is 4.96 Å². The summed E-state index contributed by atoms with van der Waals surface area (Å²) < 4.78 is 15.1. The van der Waals surface area contributed by atoms with Crippen molar-refractivity contribution in [3.8, 4) is 0 Å². The Bertz CT molecular complexity index is 1010. The molecular weight excluding hydrogens is 345 g/mol. The maximum atomic E-state index is 13.7. The lowest BCUT2D eigenvalue weighted by Gasteiger charge is -2.14. The Kier molecular flexibility index (Phi) is 4.71. The first-order valence-electron chi connectivity index (χ1n) is 7.47. The molecule has 3 aromatic rings. The van der Waals surface area contributed by atoms with Crippen molar-refractivity contribution in [2.24, 2.45) is 5.92 Å². The van der Waals surface area contributed by atoms with Crippen LogP contribution in [-0.4, -0.2) is 21.1 Å². The molecule has 1 aromatic carbocycles. The van der Waals surface area contributed by atoms with Crippen molar-refractivity contribution in [3.05, 3.63) is 63.8 Å². The number of amides is 1. The van der Waals surface area contributed by atoms with Gasteiger partial charge in [-0.1, -0.05) is 12.1 Å². The number of Topliss-reactive ketones (excluding diaryl/α,β-unsaturated/α-hetero) is 1. The van der Waals surface area contributed by atoms with Crippen LogP contribution in [0.1, 0.15) is 12.6 Å². The summed E-state index contributed by atoms with van der Waals surface area (Å²) in [5.41, 5.74) is 0.0647. The molecule has 1 atom stereocenters. The molecule has 0 saturated heterocycles. The molecular formula is C17H14FN3O3S. The quantitative estimate of drug-likeness (QED) is 0.709. The molecule has 0 aliphatic rings. The lowest BCUT2D eigenvalue weighted by Crippen LogP contribution is -2.31. The average molecular weight is 359 g/mol. The van der Waals surface area contributed by atoms with Gasteiger partial charge in [-0.2, -0.15) is 0 Å². The van der Waals surface area contributed by atoms with Gasteiger partial charge in [0.1, 0.15) is 17.5 Å². The third kappa shape index (κ3) is 3.63. The number of thiazole rings is 1. The number of nitrogens with one attached hydrogen (secondary N) is 1. The number of halogens is 1. The van der Waals surface area contributed by atoms with Crippen LogP contribution in [0.2, 0.25) is 0 Å². The number of fused-ring (bicyclic) bond motifs is 1. The molecule has 2 heterocycles. The molecule has 0 unspecified atom stereocenters. The van der Waals surface area contributed by atoms with Crippen molar-refractivity contribution in [2.45, 2.75) is 13.3 Å². The zero-order chi connectivity index (χ0) is 18.0. The number of para-hydroxylation sites is 1. The Labute approximate surface area is 146 Å². The van der Waals surface area contributed by atoms with Gasteiger partial charge in [0, 0.05) is 24.1 Å². The Morgan fingerprint density at radius 2 is 2.12 bits per heavy atom. The molecule has 128 valence electrons. The van der Waals surface area contributed by atoms with Crippen molar-refractivity contribution < 1.29 is 14.0 Å². The predicted molar refractivity (Wildman–Crippen MR) is 92.2 cm³/mol. The number of aromatic nitrogens is 2. The molecule has 0 fully saturated rings. The van der Waals surface area contributed by atoms with Crippen molar-refractivity contribution in [1.82, 2.24) is 9.38 Å². The van der Waals surface area contributed by atoms with Crippen LogP contribution in [-0.2, 0) is 16.0 Å². The monoisotopic (exact) mass is 359 g/mol. The maximum Gasteiger partial charge on any atom is 0.258 e. The fourth-order valence-corrected chi connectivity index (χ4v) is 3.14. The third-order valence-corrected chi connectivity index (χ3v) is 4.47. The first kappa shape index (κ1) is 17.0. The molecule has 6 nitrogen and oxygen atoms in total. The van der Waals surface area contributed by atoms with Gasteiger partial charge in [-0.15, -0.1) is 11.3 Å². The third-order valence-electron chi connectivity index (χ3n) is 3.71. The van der Waals surface area contributed by atoms with E-state index in [1.165, 1.54) is 46.9 Å². The lowest BCUT2D eigenvalue weighted by atomic mass is 9.97. The Hall–Kier alpha value is -2.87. The minimum Gasteiger partial charge on any atom is -0.323 e. The van der Waals surface area contributed by atoms with Crippen LogP contribution in [0, 0.1) is 11.7 Å². The van der Waals surface area contributed by atoms with Gasteiger partial charge in [-0.05, 0) is 19.1 Å². The van der Waals surface area contributed by atoms with Gasteiger partial charge >= 0.3 is 0 Å². The van der Waals surface area contributed by atoms with E-state index in [2.05, 4.69) is 10.3 Å². The van der Waals surface area contributed by atoms with Gasteiger partial charge in [0.05, 0.1) is 11.4 Å². The molecule has 0 aliphatic carbocycles. The van der Waals surface area contributed by atoms with Crippen molar-refractivity contribution in [3.63, 3.8) is 0 Å². The second-order valence-corrected chi connectivity index (χ2v) is 6.35. The highest BCUT2D eigenvalue weighted by molar-refractivity contribution is 7.15. The number of benzene rings is 1. The number of rotatable bonds is 5. The average Bonchev–Trinajstić information content (AvgIpc) is 3.03. The minimum absolute atomic E-state index is 0.000451. The number of ketones is 1. The molecule has 8 heteroatoms. The first-order chi connectivity index (χ1) is 12.0. The van der Waals surface area contributed by atoms with Crippen LogP contribution in [0.4, 0.5) is 10.1 Å². The van der Waals surface area contributed by atoms with E-state index in [9.17, 15) is 18.8 Å². The van der Waals surface area contributed by atoms with E-state index in [-0.39, 0.29) is 23.5 Å². The van der Waals surface area contributed by atoms with Gasteiger partial charge in [0.15, 0.2) is 4.96 Å². The molecule has 0 aliphatic heterocycles. The summed E-state index contributed by atoms with van der Waals surface area (Å²) in [7, 11) is 0. The highest BCUT2D eigenvalue weighted by atomic mass is 32.1. The number of carbonyl (C=O) groups is 2. The minimum atomic E-state index is -1.06. The number of hydrogen-bond donors (Lipinski definition) is 1. The highest BCUT2D eigenvalue weighted by Crippen LogP contribution is 2.16. The molecule has 1 N–H and O–H groups in total. The highest BCUT2D eigenvalue weighted by Gasteiger charge is 2.25. The van der Waals surface area contributed by atoms with Crippen molar-refractivity contribution in [1.29, 1.82) is 0 Å². The van der Waals surface area contributed by atoms with Gasteiger partial charge in [0.25, 0.3) is 5.56 Å². The van der Waals surface area contributed by atoms with Crippen LogP contribution in [0.3, 0.4) is 0 Å². The maximum absolute atomic E-state index is 13.7. The molecule has 2 aromatic heterocycles. The second-order valence-electron chi connectivity index (χ2n) is 5.48. The van der Waals surface area contributed by atoms with Gasteiger partial charge in [0.2, 0.25) is 5.91 Å². The van der Waals surface area contributed by atoms with Crippen LogP contribution in [0.5, 0.6) is 0 Å². The normalized spacial score (nSPS) is 12.1. The number of hydrogen-bond acceptors (Lipinski definition) is 5. The van der Waals surface area contributed by atoms with Crippen LogP contribution < -0.4 is 10.9 Å².